The fraction of sp³-hybridized carbons (Fsp3) is 0.222. The molecule has 82 valence electrons. The normalized spacial score (nSPS) is 12.5. The number of aromatic hydroxyl groups is 1. The van der Waals surface area contributed by atoms with Gasteiger partial charge in [-0.1, -0.05) is 0 Å². The SMILES string of the molecule is NC(CC(=O)O)c1cc(Br)c(F)cc1O. The minimum Gasteiger partial charge on any atom is -0.508 e. The first-order valence-electron chi connectivity index (χ1n) is 4.07. The number of phenols is 1. The van der Waals surface area contributed by atoms with Crippen molar-refractivity contribution < 1.29 is 19.4 Å². The fourth-order valence-electron chi connectivity index (χ4n) is 1.15. The number of benzene rings is 1. The number of aliphatic carboxylic acids is 1. The molecule has 0 spiro atoms. The van der Waals surface area contributed by atoms with E-state index in [1.807, 2.05) is 0 Å². The van der Waals surface area contributed by atoms with E-state index >= 15 is 0 Å². The van der Waals surface area contributed by atoms with E-state index in [-0.39, 0.29) is 22.2 Å². The second-order valence-corrected chi connectivity index (χ2v) is 3.88. The van der Waals surface area contributed by atoms with Crippen molar-refractivity contribution in [1.29, 1.82) is 0 Å². The maximum atomic E-state index is 12.9. The lowest BCUT2D eigenvalue weighted by Crippen LogP contribution is -2.15. The van der Waals surface area contributed by atoms with Crippen molar-refractivity contribution in [2.75, 3.05) is 0 Å². The van der Waals surface area contributed by atoms with Gasteiger partial charge in [0, 0.05) is 17.7 Å². The lowest BCUT2D eigenvalue weighted by Gasteiger charge is -2.12. The van der Waals surface area contributed by atoms with Crippen LogP contribution in [0.25, 0.3) is 0 Å². The lowest BCUT2D eigenvalue weighted by atomic mass is 10.0. The summed E-state index contributed by atoms with van der Waals surface area (Å²) in [5, 5.41) is 17.9. The van der Waals surface area contributed by atoms with Gasteiger partial charge in [-0.3, -0.25) is 4.79 Å². The molecule has 0 aliphatic heterocycles. The van der Waals surface area contributed by atoms with Crippen LogP contribution in [-0.2, 0) is 4.79 Å². The maximum Gasteiger partial charge on any atom is 0.305 e. The fourth-order valence-corrected chi connectivity index (χ4v) is 1.51. The van der Waals surface area contributed by atoms with E-state index in [1.54, 1.807) is 0 Å². The number of carboxylic acids is 1. The van der Waals surface area contributed by atoms with Crippen molar-refractivity contribution in [2.24, 2.45) is 5.73 Å². The third kappa shape index (κ3) is 2.90. The van der Waals surface area contributed by atoms with Crippen LogP contribution in [0.4, 0.5) is 4.39 Å². The average molecular weight is 278 g/mol. The molecule has 1 aromatic carbocycles. The zero-order chi connectivity index (χ0) is 11.6. The van der Waals surface area contributed by atoms with Crippen LogP contribution in [0, 0.1) is 5.82 Å². The van der Waals surface area contributed by atoms with Crippen LogP contribution in [0.1, 0.15) is 18.0 Å². The van der Waals surface area contributed by atoms with Crippen molar-refractivity contribution in [3.05, 3.63) is 28.0 Å². The Kier molecular flexibility index (Phi) is 3.65. The molecule has 1 atom stereocenters. The van der Waals surface area contributed by atoms with Crippen LogP contribution >= 0.6 is 15.9 Å². The molecule has 0 aliphatic carbocycles. The molecule has 15 heavy (non-hydrogen) atoms. The van der Waals surface area contributed by atoms with E-state index in [0.29, 0.717) is 0 Å². The Bertz CT molecular complexity index is 397. The Morgan fingerprint density at radius 2 is 2.20 bits per heavy atom. The summed E-state index contributed by atoms with van der Waals surface area (Å²) in [6, 6.07) is 1.30. The summed E-state index contributed by atoms with van der Waals surface area (Å²) in [5.74, 6) is -2.05. The van der Waals surface area contributed by atoms with Crippen molar-refractivity contribution in [3.63, 3.8) is 0 Å². The van der Waals surface area contributed by atoms with Gasteiger partial charge in [-0.2, -0.15) is 0 Å². The Hall–Kier alpha value is -1.14. The van der Waals surface area contributed by atoms with Gasteiger partial charge in [0.2, 0.25) is 0 Å². The Morgan fingerprint density at radius 1 is 1.60 bits per heavy atom. The van der Waals surface area contributed by atoms with Gasteiger partial charge in [-0.15, -0.1) is 0 Å². The largest absolute Gasteiger partial charge is 0.508 e. The van der Waals surface area contributed by atoms with Gasteiger partial charge in [0.05, 0.1) is 10.9 Å². The molecule has 1 unspecified atom stereocenters. The zero-order valence-corrected chi connectivity index (χ0v) is 9.16. The van der Waals surface area contributed by atoms with Crippen molar-refractivity contribution in [2.45, 2.75) is 12.5 Å². The van der Waals surface area contributed by atoms with Crippen LogP contribution in [-0.4, -0.2) is 16.2 Å². The number of carbonyl (C=O) groups is 1. The second kappa shape index (κ2) is 4.59. The standard InChI is InChI=1S/C9H9BrFNO3/c10-5-1-4(7(12)3-9(14)15)8(13)2-6(5)11/h1-2,7,13H,3,12H2,(H,14,15). The molecule has 0 aliphatic rings. The third-order valence-electron chi connectivity index (χ3n) is 1.86. The van der Waals surface area contributed by atoms with Gasteiger partial charge in [0.1, 0.15) is 11.6 Å². The molecular formula is C9H9BrFNO3. The Labute approximate surface area is 93.6 Å². The summed E-state index contributed by atoms with van der Waals surface area (Å²) in [4.78, 5) is 10.4. The molecule has 0 radical (unpaired) electrons. The summed E-state index contributed by atoms with van der Waals surface area (Å²) in [7, 11) is 0. The molecule has 0 amide bonds. The summed E-state index contributed by atoms with van der Waals surface area (Å²) < 4.78 is 13.1. The summed E-state index contributed by atoms with van der Waals surface area (Å²) in [5.41, 5.74) is 5.73. The minimum atomic E-state index is -1.08. The van der Waals surface area contributed by atoms with Gasteiger partial charge in [0.25, 0.3) is 0 Å². The smallest absolute Gasteiger partial charge is 0.305 e. The molecule has 0 aromatic heterocycles. The molecule has 0 fully saturated rings. The highest BCUT2D eigenvalue weighted by atomic mass is 79.9. The summed E-state index contributed by atoms with van der Waals surface area (Å²) >= 11 is 2.93. The predicted molar refractivity (Wildman–Crippen MR) is 54.9 cm³/mol. The molecule has 0 bridgehead atoms. The number of carboxylic acid groups (broad SMARTS) is 1. The average Bonchev–Trinajstić information content (AvgIpc) is 2.09. The first-order chi connectivity index (χ1) is 6.91. The quantitative estimate of drug-likeness (QED) is 0.786. The van der Waals surface area contributed by atoms with Gasteiger partial charge >= 0.3 is 5.97 Å². The monoisotopic (exact) mass is 277 g/mol. The number of halogens is 2. The Morgan fingerprint density at radius 3 is 2.73 bits per heavy atom. The van der Waals surface area contributed by atoms with E-state index < -0.39 is 17.8 Å². The first-order valence-corrected chi connectivity index (χ1v) is 4.86. The molecule has 6 heteroatoms. The number of hydrogen-bond donors (Lipinski definition) is 3. The third-order valence-corrected chi connectivity index (χ3v) is 2.47. The number of rotatable bonds is 3. The molecule has 1 aromatic rings. The molecule has 1 rings (SSSR count). The molecule has 4 nitrogen and oxygen atoms in total. The summed E-state index contributed by atoms with van der Waals surface area (Å²) in [6.45, 7) is 0. The first kappa shape index (κ1) is 11.9. The van der Waals surface area contributed by atoms with E-state index in [4.69, 9.17) is 10.8 Å². The van der Waals surface area contributed by atoms with Crippen LogP contribution in [0.5, 0.6) is 5.75 Å². The molecular weight excluding hydrogens is 269 g/mol. The van der Waals surface area contributed by atoms with Crippen LogP contribution in [0.2, 0.25) is 0 Å². The molecule has 0 heterocycles. The van der Waals surface area contributed by atoms with E-state index in [9.17, 15) is 14.3 Å². The highest BCUT2D eigenvalue weighted by Crippen LogP contribution is 2.30. The van der Waals surface area contributed by atoms with Crippen molar-refractivity contribution in [3.8, 4) is 5.75 Å². The minimum absolute atomic E-state index is 0.135. The van der Waals surface area contributed by atoms with Gasteiger partial charge < -0.3 is 15.9 Å². The topological polar surface area (TPSA) is 83.6 Å². The van der Waals surface area contributed by atoms with Crippen LogP contribution in [0.15, 0.2) is 16.6 Å². The number of phenolic OH excluding ortho intramolecular Hbond substituents is 1. The van der Waals surface area contributed by atoms with Crippen molar-refractivity contribution in [1.82, 2.24) is 0 Å². The van der Waals surface area contributed by atoms with Gasteiger partial charge in [0.15, 0.2) is 0 Å². The summed E-state index contributed by atoms with van der Waals surface area (Å²) in [6.07, 6.45) is -0.328. The van der Waals surface area contributed by atoms with E-state index in [0.717, 1.165) is 6.07 Å². The highest BCUT2D eigenvalue weighted by molar-refractivity contribution is 9.10. The Balaban J connectivity index is 3.03. The van der Waals surface area contributed by atoms with Gasteiger partial charge in [-0.25, -0.2) is 4.39 Å². The number of nitrogens with two attached hydrogens (primary N) is 1. The molecule has 0 saturated heterocycles. The maximum absolute atomic E-state index is 12.9. The number of hydrogen-bond acceptors (Lipinski definition) is 3. The van der Waals surface area contributed by atoms with Gasteiger partial charge in [-0.05, 0) is 22.0 Å². The van der Waals surface area contributed by atoms with Crippen LogP contribution < -0.4 is 5.73 Å². The van der Waals surface area contributed by atoms with Crippen molar-refractivity contribution >= 4 is 21.9 Å². The predicted octanol–water partition coefficient (Wildman–Crippen LogP) is 1.77. The second-order valence-electron chi connectivity index (χ2n) is 3.03. The van der Waals surface area contributed by atoms with Crippen LogP contribution in [0.3, 0.4) is 0 Å². The lowest BCUT2D eigenvalue weighted by molar-refractivity contribution is -0.137. The van der Waals surface area contributed by atoms with E-state index in [1.165, 1.54) is 6.07 Å². The zero-order valence-electron chi connectivity index (χ0n) is 7.58. The highest BCUT2D eigenvalue weighted by Gasteiger charge is 2.16. The molecule has 4 N–H and O–H groups in total. The molecule has 0 saturated carbocycles. The van der Waals surface area contributed by atoms with E-state index in [2.05, 4.69) is 15.9 Å².